The molecule has 1 aliphatic heterocycles. The molecule has 0 aromatic rings. The van der Waals surface area contributed by atoms with Gasteiger partial charge >= 0.3 is 5.97 Å². The molecule has 0 bridgehead atoms. The van der Waals surface area contributed by atoms with Gasteiger partial charge in [-0.15, -0.1) is 11.8 Å². The Labute approximate surface area is 77.4 Å². The van der Waals surface area contributed by atoms with Crippen molar-refractivity contribution >= 4 is 17.7 Å². The zero-order valence-electron chi connectivity index (χ0n) is 7.34. The normalized spacial score (nSPS) is 20.9. The maximum atomic E-state index is 11.0. The van der Waals surface area contributed by atoms with Gasteiger partial charge in [0, 0.05) is 6.08 Å². The Morgan fingerprint density at radius 1 is 1.67 bits per heavy atom. The number of esters is 1. The zero-order chi connectivity index (χ0) is 8.81. The lowest BCUT2D eigenvalue weighted by Gasteiger charge is -2.12. The third kappa shape index (κ3) is 3.30. The summed E-state index contributed by atoms with van der Waals surface area (Å²) < 4.78 is 4.82. The number of carbonyl (C=O) groups is 1. The first kappa shape index (κ1) is 9.65. The highest BCUT2D eigenvalue weighted by molar-refractivity contribution is 8.03. The van der Waals surface area contributed by atoms with Crippen LogP contribution in [-0.4, -0.2) is 18.3 Å². The van der Waals surface area contributed by atoms with Crippen LogP contribution in [0.5, 0.6) is 0 Å². The average molecular weight is 186 g/mol. The van der Waals surface area contributed by atoms with Crippen LogP contribution in [-0.2, 0) is 9.53 Å². The van der Waals surface area contributed by atoms with Gasteiger partial charge in [0.15, 0.2) is 0 Å². The zero-order valence-corrected chi connectivity index (χ0v) is 8.15. The van der Waals surface area contributed by atoms with Gasteiger partial charge in [0.05, 0.1) is 6.61 Å². The SMILES string of the molecule is CCOC(=O)/C=C1\CCCCS1. The number of carbonyl (C=O) groups excluding carboxylic acids is 1. The monoisotopic (exact) mass is 186 g/mol. The van der Waals surface area contributed by atoms with Crippen molar-refractivity contribution in [3.63, 3.8) is 0 Å². The molecular weight excluding hydrogens is 172 g/mol. The van der Waals surface area contributed by atoms with Gasteiger partial charge in [0.25, 0.3) is 0 Å². The van der Waals surface area contributed by atoms with E-state index in [2.05, 4.69) is 0 Å². The molecule has 0 radical (unpaired) electrons. The molecule has 0 atom stereocenters. The third-order valence-electron chi connectivity index (χ3n) is 1.67. The van der Waals surface area contributed by atoms with Gasteiger partial charge in [-0.05, 0) is 36.8 Å². The van der Waals surface area contributed by atoms with E-state index in [1.165, 1.54) is 17.7 Å². The molecule has 1 rings (SSSR count). The average Bonchev–Trinajstić information content (AvgIpc) is 2.06. The quantitative estimate of drug-likeness (QED) is 0.489. The molecule has 0 amide bonds. The minimum Gasteiger partial charge on any atom is -0.463 e. The molecular formula is C9H14O2S. The Kier molecular flexibility index (Phi) is 4.22. The molecule has 1 heterocycles. The molecule has 68 valence electrons. The molecule has 0 N–H and O–H groups in total. The maximum absolute atomic E-state index is 11.0. The predicted octanol–water partition coefficient (Wildman–Crippen LogP) is 2.35. The fraction of sp³-hybridized carbons (Fsp3) is 0.667. The number of allylic oxidation sites excluding steroid dienone is 1. The highest BCUT2D eigenvalue weighted by Gasteiger charge is 2.07. The second kappa shape index (κ2) is 5.25. The third-order valence-corrected chi connectivity index (χ3v) is 2.86. The van der Waals surface area contributed by atoms with Crippen LogP contribution < -0.4 is 0 Å². The largest absolute Gasteiger partial charge is 0.463 e. The van der Waals surface area contributed by atoms with Crippen molar-refractivity contribution in [2.45, 2.75) is 26.2 Å². The van der Waals surface area contributed by atoms with E-state index in [1.54, 1.807) is 17.8 Å². The summed E-state index contributed by atoms with van der Waals surface area (Å²) in [6.45, 7) is 2.29. The minimum atomic E-state index is -0.193. The van der Waals surface area contributed by atoms with Crippen molar-refractivity contribution in [2.75, 3.05) is 12.4 Å². The van der Waals surface area contributed by atoms with E-state index >= 15 is 0 Å². The maximum Gasteiger partial charge on any atom is 0.331 e. The summed E-state index contributed by atoms with van der Waals surface area (Å²) in [6.07, 6.45) is 5.15. The Morgan fingerprint density at radius 3 is 3.08 bits per heavy atom. The van der Waals surface area contributed by atoms with Crippen LogP contribution >= 0.6 is 11.8 Å². The van der Waals surface area contributed by atoms with Crippen molar-refractivity contribution < 1.29 is 9.53 Å². The molecule has 1 aliphatic rings. The van der Waals surface area contributed by atoms with Crippen LogP contribution in [0.25, 0.3) is 0 Å². The lowest BCUT2D eigenvalue weighted by atomic mass is 10.2. The summed E-state index contributed by atoms with van der Waals surface area (Å²) in [5, 5.41) is 0. The van der Waals surface area contributed by atoms with Gasteiger partial charge in [-0.2, -0.15) is 0 Å². The van der Waals surface area contributed by atoms with Crippen molar-refractivity contribution in [1.82, 2.24) is 0 Å². The summed E-state index contributed by atoms with van der Waals surface area (Å²) in [6, 6.07) is 0. The summed E-state index contributed by atoms with van der Waals surface area (Å²) in [5.41, 5.74) is 0. The molecule has 0 aromatic carbocycles. The van der Waals surface area contributed by atoms with Gasteiger partial charge in [0.1, 0.15) is 0 Å². The molecule has 0 saturated carbocycles. The van der Waals surface area contributed by atoms with E-state index in [0.29, 0.717) is 6.61 Å². The van der Waals surface area contributed by atoms with E-state index in [0.717, 1.165) is 12.2 Å². The second-order valence-electron chi connectivity index (χ2n) is 2.67. The first-order valence-corrected chi connectivity index (χ1v) is 5.31. The van der Waals surface area contributed by atoms with Crippen LogP contribution in [0.3, 0.4) is 0 Å². The first-order valence-electron chi connectivity index (χ1n) is 4.33. The van der Waals surface area contributed by atoms with Gasteiger partial charge in [0.2, 0.25) is 0 Å². The van der Waals surface area contributed by atoms with Crippen molar-refractivity contribution in [3.05, 3.63) is 11.0 Å². The molecule has 12 heavy (non-hydrogen) atoms. The van der Waals surface area contributed by atoms with E-state index in [-0.39, 0.29) is 5.97 Å². The number of rotatable bonds is 2. The van der Waals surface area contributed by atoms with Crippen LogP contribution in [0, 0.1) is 0 Å². The first-order chi connectivity index (χ1) is 5.83. The summed E-state index contributed by atoms with van der Waals surface area (Å²) in [4.78, 5) is 12.2. The fourth-order valence-electron chi connectivity index (χ4n) is 1.11. The summed E-state index contributed by atoms with van der Waals surface area (Å²) in [5.74, 6) is 0.951. The molecule has 0 aromatic heterocycles. The molecule has 0 unspecified atom stereocenters. The number of thioether (sulfide) groups is 1. The van der Waals surface area contributed by atoms with Crippen LogP contribution in [0.4, 0.5) is 0 Å². The van der Waals surface area contributed by atoms with Crippen molar-refractivity contribution in [1.29, 1.82) is 0 Å². The van der Waals surface area contributed by atoms with E-state index in [1.807, 2.05) is 6.92 Å². The highest BCUT2D eigenvalue weighted by atomic mass is 32.2. The van der Waals surface area contributed by atoms with Crippen LogP contribution in [0.1, 0.15) is 26.2 Å². The molecule has 3 heteroatoms. The van der Waals surface area contributed by atoms with Gasteiger partial charge in [-0.1, -0.05) is 0 Å². The van der Waals surface area contributed by atoms with Crippen LogP contribution in [0.15, 0.2) is 11.0 Å². The van der Waals surface area contributed by atoms with Gasteiger partial charge in [-0.3, -0.25) is 0 Å². The van der Waals surface area contributed by atoms with E-state index in [4.69, 9.17) is 4.74 Å². The Morgan fingerprint density at radius 2 is 2.50 bits per heavy atom. The standard InChI is InChI=1S/C9H14O2S/c1-2-11-9(10)7-8-5-3-4-6-12-8/h7H,2-6H2,1H3/b8-7+. The molecule has 1 fully saturated rings. The summed E-state index contributed by atoms with van der Waals surface area (Å²) >= 11 is 1.78. The lowest BCUT2D eigenvalue weighted by Crippen LogP contribution is -2.02. The molecule has 2 nitrogen and oxygen atoms in total. The van der Waals surface area contributed by atoms with Gasteiger partial charge in [-0.25, -0.2) is 4.79 Å². The second-order valence-corrected chi connectivity index (χ2v) is 3.89. The molecule has 0 aliphatic carbocycles. The smallest absolute Gasteiger partial charge is 0.331 e. The number of hydrogen-bond acceptors (Lipinski definition) is 3. The Balaban J connectivity index is 2.37. The molecule has 1 saturated heterocycles. The Bertz CT molecular complexity index is 179. The van der Waals surface area contributed by atoms with Crippen molar-refractivity contribution in [3.8, 4) is 0 Å². The fourth-order valence-corrected chi connectivity index (χ4v) is 2.18. The highest BCUT2D eigenvalue weighted by Crippen LogP contribution is 2.28. The summed E-state index contributed by atoms with van der Waals surface area (Å²) in [7, 11) is 0. The van der Waals surface area contributed by atoms with E-state index < -0.39 is 0 Å². The molecule has 0 spiro atoms. The van der Waals surface area contributed by atoms with Crippen LogP contribution in [0.2, 0.25) is 0 Å². The predicted molar refractivity (Wildman–Crippen MR) is 51.0 cm³/mol. The number of ether oxygens (including phenoxy) is 1. The van der Waals surface area contributed by atoms with Gasteiger partial charge < -0.3 is 4.74 Å². The lowest BCUT2D eigenvalue weighted by molar-refractivity contribution is -0.137. The number of hydrogen-bond donors (Lipinski definition) is 0. The van der Waals surface area contributed by atoms with E-state index in [9.17, 15) is 4.79 Å². The minimum absolute atomic E-state index is 0.193. The topological polar surface area (TPSA) is 26.3 Å². The Hall–Kier alpha value is -0.440. The van der Waals surface area contributed by atoms with Crippen molar-refractivity contribution in [2.24, 2.45) is 0 Å².